The summed E-state index contributed by atoms with van der Waals surface area (Å²) in [5.74, 6) is 0.547. The van der Waals surface area contributed by atoms with Crippen LogP contribution in [0, 0.1) is 6.92 Å². The highest BCUT2D eigenvalue weighted by Crippen LogP contribution is 2.15. The monoisotopic (exact) mass is 334 g/mol. The van der Waals surface area contributed by atoms with Crippen molar-refractivity contribution in [3.8, 4) is 5.75 Å². The molecule has 6 nitrogen and oxygen atoms in total. The van der Waals surface area contributed by atoms with Crippen LogP contribution in [0.3, 0.4) is 0 Å². The van der Waals surface area contributed by atoms with Crippen LogP contribution >= 0.6 is 0 Å². The van der Waals surface area contributed by atoms with E-state index in [1.165, 1.54) is 0 Å². The zero-order valence-corrected chi connectivity index (χ0v) is 14.6. The maximum atomic E-state index is 12.3. The Morgan fingerprint density at radius 2 is 1.88 bits per heavy atom. The second-order valence-corrected chi connectivity index (χ2v) is 6.04. The molecule has 132 valence electrons. The fourth-order valence-electron chi connectivity index (χ4n) is 2.61. The van der Waals surface area contributed by atoms with Gasteiger partial charge < -0.3 is 19.7 Å². The summed E-state index contributed by atoms with van der Waals surface area (Å²) in [7, 11) is 0. The lowest BCUT2D eigenvalue weighted by atomic mass is 10.1. The topological polar surface area (TPSA) is 67.9 Å². The molecule has 1 fully saturated rings. The fourth-order valence-corrected chi connectivity index (χ4v) is 2.61. The van der Waals surface area contributed by atoms with Gasteiger partial charge in [0.2, 0.25) is 0 Å². The van der Waals surface area contributed by atoms with E-state index in [9.17, 15) is 9.59 Å². The number of hydrogen-bond donors (Lipinski definition) is 1. The van der Waals surface area contributed by atoms with E-state index >= 15 is 0 Å². The largest absolute Gasteiger partial charge is 0.481 e. The molecule has 1 heterocycles. The summed E-state index contributed by atoms with van der Waals surface area (Å²) in [5.41, 5.74) is 1.15. The molecular formula is C18H26N2O4. The van der Waals surface area contributed by atoms with Crippen molar-refractivity contribution in [2.75, 3.05) is 19.7 Å². The number of carbonyl (C=O) groups is 2. The van der Waals surface area contributed by atoms with Crippen LogP contribution in [0.5, 0.6) is 5.75 Å². The summed E-state index contributed by atoms with van der Waals surface area (Å²) in [5, 5.41) is 3.00. The lowest BCUT2D eigenvalue weighted by Crippen LogP contribution is -2.49. The fraction of sp³-hybridized carbons (Fsp3) is 0.556. The molecule has 2 rings (SSSR count). The molecular weight excluding hydrogens is 308 g/mol. The predicted octanol–water partition coefficient (Wildman–Crippen LogP) is 2.50. The molecule has 1 aliphatic rings. The lowest BCUT2D eigenvalue weighted by Gasteiger charge is -2.32. The van der Waals surface area contributed by atoms with Gasteiger partial charge in [0.25, 0.3) is 5.91 Å². The number of hydrogen-bond acceptors (Lipinski definition) is 4. The van der Waals surface area contributed by atoms with Gasteiger partial charge in [-0.2, -0.15) is 0 Å². The average Bonchev–Trinajstić information content (AvgIpc) is 2.57. The Hall–Kier alpha value is -2.24. The molecule has 1 saturated heterocycles. The number of nitrogens with zero attached hydrogens (tertiary/aromatic N) is 1. The zero-order valence-electron chi connectivity index (χ0n) is 14.6. The summed E-state index contributed by atoms with van der Waals surface area (Å²) in [6.45, 7) is 7.10. The zero-order chi connectivity index (χ0) is 17.5. The molecule has 0 aliphatic carbocycles. The van der Waals surface area contributed by atoms with E-state index in [0.717, 1.165) is 18.4 Å². The van der Waals surface area contributed by atoms with Gasteiger partial charge in [-0.05, 0) is 45.7 Å². The number of carbonyl (C=O) groups excluding carboxylic acids is 2. The predicted molar refractivity (Wildman–Crippen MR) is 91.0 cm³/mol. The maximum absolute atomic E-state index is 12.3. The molecule has 1 N–H and O–H groups in total. The van der Waals surface area contributed by atoms with E-state index in [4.69, 9.17) is 9.47 Å². The third kappa shape index (κ3) is 5.15. The molecule has 24 heavy (non-hydrogen) atoms. The first-order chi connectivity index (χ1) is 11.5. The van der Waals surface area contributed by atoms with Crippen LogP contribution in [0.25, 0.3) is 0 Å². The molecule has 0 spiro atoms. The first-order valence-corrected chi connectivity index (χ1v) is 8.45. The number of likely N-dealkylation sites (tertiary alicyclic amines) is 1. The molecule has 2 amide bonds. The Balaban J connectivity index is 1.76. The summed E-state index contributed by atoms with van der Waals surface area (Å²) in [6, 6.07) is 7.68. The number of nitrogens with one attached hydrogen (secondary N) is 1. The van der Waals surface area contributed by atoms with Crippen molar-refractivity contribution in [1.82, 2.24) is 10.2 Å². The first kappa shape index (κ1) is 18.1. The number of benzene rings is 1. The molecule has 1 aromatic rings. The summed E-state index contributed by atoms with van der Waals surface area (Å²) < 4.78 is 10.7. The van der Waals surface area contributed by atoms with E-state index < -0.39 is 6.10 Å². The quantitative estimate of drug-likeness (QED) is 0.898. The summed E-state index contributed by atoms with van der Waals surface area (Å²) in [4.78, 5) is 25.6. The Labute approximate surface area is 143 Å². The van der Waals surface area contributed by atoms with Crippen LogP contribution in [0.15, 0.2) is 24.3 Å². The van der Waals surface area contributed by atoms with E-state index in [2.05, 4.69) is 5.32 Å². The normalized spacial score (nSPS) is 16.4. The Morgan fingerprint density at radius 3 is 2.46 bits per heavy atom. The van der Waals surface area contributed by atoms with Gasteiger partial charge in [0, 0.05) is 19.1 Å². The highest BCUT2D eigenvalue weighted by Gasteiger charge is 2.26. The molecule has 1 aliphatic heterocycles. The number of piperidine rings is 1. The van der Waals surface area contributed by atoms with Crippen LogP contribution in [0.1, 0.15) is 32.3 Å². The van der Waals surface area contributed by atoms with Gasteiger partial charge in [-0.1, -0.05) is 17.7 Å². The second-order valence-electron chi connectivity index (χ2n) is 6.04. The van der Waals surface area contributed by atoms with Crippen LogP contribution in [-0.2, 0) is 9.53 Å². The first-order valence-electron chi connectivity index (χ1n) is 8.45. The van der Waals surface area contributed by atoms with Gasteiger partial charge in [-0.15, -0.1) is 0 Å². The van der Waals surface area contributed by atoms with E-state index in [-0.39, 0.29) is 18.0 Å². The van der Waals surface area contributed by atoms with Crippen molar-refractivity contribution in [3.05, 3.63) is 29.8 Å². The van der Waals surface area contributed by atoms with E-state index in [1.807, 2.05) is 31.2 Å². The maximum Gasteiger partial charge on any atom is 0.409 e. The van der Waals surface area contributed by atoms with Crippen LogP contribution < -0.4 is 10.1 Å². The standard InChI is InChI=1S/C18H26N2O4/c1-4-23-18(22)20-11-9-15(10-12-20)19-17(21)14(3)24-16-7-5-13(2)6-8-16/h5-8,14-15H,4,9-12H2,1-3H3,(H,19,21). The third-order valence-electron chi connectivity index (χ3n) is 4.07. The minimum Gasteiger partial charge on any atom is -0.481 e. The minimum absolute atomic E-state index is 0.0623. The van der Waals surface area contributed by atoms with Crippen LogP contribution in [0.4, 0.5) is 4.79 Å². The van der Waals surface area contributed by atoms with Crippen molar-refractivity contribution in [1.29, 1.82) is 0 Å². The molecule has 0 bridgehead atoms. The SMILES string of the molecule is CCOC(=O)N1CCC(NC(=O)C(C)Oc2ccc(C)cc2)CC1. The van der Waals surface area contributed by atoms with Crippen molar-refractivity contribution < 1.29 is 19.1 Å². The van der Waals surface area contributed by atoms with Crippen molar-refractivity contribution in [2.45, 2.75) is 45.8 Å². The molecule has 6 heteroatoms. The van der Waals surface area contributed by atoms with E-state index in [0.29, 0.717) is 25.4 Å². The molecule has 1 unspecified atom stereocenters. The Morgan fingerprint density at radius 1 is 1.25 bits per heavy atom. The van der Waals surface area contributed by atoms with E-state index in [1.54, 1.807) is 18.7 Å². The van der Waals surface area contributed by atoms with Gasteiger partial charge in [-0.3, -0.25) is 4.79 Å². The van der Waals surface area contributed by atoms with Gasteiger partial charge in [0.05, 0.1) is 6.61 Å². The molecule has 0 saturated carbocycles. The summed E-state index contributed by atoms with van der Waals surface area (Å²) in [6.07, 6.45) is 0.609. The molecule has 1 atom stereocenters. The number of ether oxygens (including phenoxy) is 2. The Bertz CT molecular complexity index is 551. The van der Waals surface area contributed by atoms with Crippen LogP contribution in [-0.4, -0.2) is 48.7 Å². The van der Waals surface area contributed by atoms with Crippen molar-refractivity contribution in [2.24, 2.45) is 0 Å². The van der Waals surface area contributed by atoms with Crippen molar-refractivity contribution in [3.63, 3.8) is 0 Å². The molecule has 1 aromatic carbocycles. The highest BCUT2D eigenvalue weighted by molar-refractivity contribution is 5.81. The minimum atomic E-state index is -0.559. The highest BCUT2D eigenvalue weighted by atomic mass is 16.6. The number of rotatable bonds is 5. The summed E-state index contributed by atoms with van der Waals surface area (Å²) >= 11 is 0. The molecule has 0 aromatic heterocycles. The molecule has 0 radical (unpaired) electrons. The number of amides is 2. The second kappa shape index (κ2) is 8.57. The van der Waals surface area contributed by atoms with Crippen molar-refractivity contribution >= 4 is 12.0 Å². The van der Waals surface area contributed by atoms with Gasteiger partial charge >= 0.3 is 6.09 Å². The van der Waals surface area contributed by atoms with Gasteiger partial charge in [-0.25, -0.2) is 4.79 Å². The Kier molecular flexibility index (Phi) is 6.46. The van der Waals surface area contributed by atoms with Gasteiger partial charge in [0.1, 0.15) is 5.75 Å². The average molecular weight is 334 g/mol. The number of aryl methyl sites for hydroxylation is 1. The van der Waals surface area contributed by atoms with Crippen LogP contribution in [0.2, 0.25) is 0 Å². The lowest BCUT2D eigenvalue weighted by molar-refractivity contribution is -0.128. The third-order valence-corrected chi connectivity index (χ3v) is 4.07. The van der Waals surface area contributed by atoms with Gasteiger partial charge in [0.15, 0.2) is 6.10 Å². The smallest absolute Gasteiger partial charge is 0.409 e.